The van der Waals surface area contributed by atoms with Gasteiger partial charge < -0.3 is 10.2 Å². The van der Waals surface area contributed by atoms with Gasteiger partial charge in [0.2, 0.25) is 10.0 Å². The van der Waals surface area contributed by atoms with Crippen LogP contribution in [0.3, 0.4) is 0 Å². The third kappa shape index (κ3) is 4.48. The number of benzene rings is 2. The Bertz CT molecular complexity index is 924. The molecular weight excluding hydrogens is 397 g/mol. The van der Waals surface area contributed by atoms with Gasteiger partial charge >= 0.3 is 0 Å². The molecule has 1 amide bonds. The maximum absolute atomic E-state index is 12.6. The van der Waals surface area contributed by atoms with Gasteiger partial charge in [0.15, 0.2) is 0 Å². The first-order valence-electron chi connectivity index (χ1n) is 7.53. The van der Waals surface area contributed by atoms with E-state index in [2.05, 4.69) is 5.32 Å². The minimum absolute atomic E-state index is 0.0764. The highest BCUT2D eigenvalue weighted by atomic mass is 35.5. The molecule has 2 aromatic rings. The number of carbonyl (C=O) groups excluding carboxylic acids is 1. The van der Waals surface area contributed by atoms with Crippen molar-refractivity contribution in [1.29, 1.82) is 0 Å². The van der Waals surface area contributed by atoms with Crippen molar-refractivity contribution in [2.45, 2.75) is 4.90 Å². The van der Waals surface area contributed by atoms with Crippen molar-refractivity contribution in [2.24, 2.45) is 0 Å². The summed E-state index contributed by atoms with van der Waals surface area (Å²) in [7, 11) is 2.84. The zero-order chi connectivity index (χ0) is 19.6. The van der Waals surface area contributed by atoms with Crippen LogP contribution >= 0.6 is 23.2 Å². The fraction of sp³-hybridized carbons (Fsp3) is 0.235. The van der Waals surface area contributed by atoms with Crippen molar-refractivity contribution in [3.8, 4) is 0 Å². The predicted octanol–water partition coefficient (Wildman–Crippen LogP) is 3.56. The quantitative estimate of drug-likeness (QED) is 0.809. The van der Waals surface area contributed by atoms with E-state index in [9.17, 15) is 13.2 Å². The Balaban J connectivity index is 2.47. The molecule has 0 bridgehead atoms. The number of nitrogens with one attached hydrogen (secondary N) is 1. The number of anilines is 2. The Morgan fingerprint density at radius 2 is 1.54 bits per heavy atom. The maximum atomic E-state index is 12.6. The molecule has 140 valence electrons. The summed E-state index contributed by atoms with van der Waals surface area (Å²) in [6.45, 7) is 0. The first kappa shape index (κ1) is 20.5. The lowest BCUT2D eigenvalue weighted by Gasteiger charge is -2.20. The summed E-state index contributed by atoms with van der Waals surface area (Å²) in [6.07, 6.45) is 0. The number of amides is 1. The molecule has 9 heteroatoms. The Hall–Kier alpha value is -1.80. The maximum Gasteiger partial charge on any atom is 0.255 e. The summed E-state index contributed by atoms with van der Waals surface area (Å²) in [5, 5.41) is 3.40. The summed E-state index contributed by atoms with van der Waals surface area (Å²) >= 11 is 11.9. The molecule has 0 spiro atoms. The van der Waals surface area contributed by atoms with Crippen LogP contribution in [0.1, 0.15) is 10.4 Å². The average molecular weight is 416 g/mol. The highest BCUT2D eigenvalue weighted by Gasteiger charge is 2.20. The molecule has 0 unspecified atom stereocenters. The normalized spacial score (nSPS) is 11.5. The first-order valence-corrected chi connectivity index (χ1v) is 9.73. The van der Waals surface area contributed by atoms with Crippen LogP contribution in [0.15, 0.2) is 41.3 Å². The molecule has 0 saturated heterocycles. The number of halogens is 2. The van der Waals surface area contributed by atoms with E-state index in [4.69, 9.17) is 23.2 Å². The van der Waals surface area contributed by atoms with Crippen molar-refractivity contribution < 1.29 is 13.2 Å². The van der Waals surface area contributed by atoms with Gasteiger partial charge in [0.05, 0.1) is 16.3 Å². The molecular formula is C17H19Cl2N3O3S. The Kier molecular flexibility index (Phi) is 6.18. The van der Waals surface area contributed by atoms with Crippen LogP contribution in [0.4, 0.5) is 11.4 Å². The third-order valence-corrected chi connectivity index (χ3v) is 5.85. The van der Waals surface area contributed by atoms with Gasteiger partial charge in [0.25, 0.3) is 5.91 Å². The van der Waals surface area contributed by atoms with Crippen molar-refractivity contribution in [1.82, 2.24) is 4.31 Å². The highest BCUT2D eigenvalue weighted by Crippen LogP contribution is 2.29. The molecule has 0 saturated carbocycles. The molecule has 26 heavy (non-hydrogen) atoms. The molecule has 0 atom stereocenters. The largest absolute Gasteiger partial charge is 0.376 e. The molecule has 0 radical (unpaired) electrons. The Morgan fingerprint density at radius 1 is 0.962 bits per heavy atom. The Morgan fingerprint density at radius 3 is 2.04 bits per heavy atom. The highest BCUT2D eigenvalue weighted by molar-refractivity contribution is 7.89. The van der Waals surface area contributed by atoms with Crippen LogP contribution in [-0.2, 0) is 10.0 Å². The van der Waals surface area contributed by atoms with E-state index in [-0.39, 0.29) is 10.5 Å². The van der Waals surface area contributed by atoms with Crippen molar-refractivity contribution >= 4 is 50.5 Å². The predicted molar refractivity (Wildman–Crippen MR) is 106 cm³/mol. The van der Waals surface area contributed by atoms with Crippen LogP contribution in [0, 0.1) is 0 Å². The lowest BCUT2D eigenvalue weighted by Crippen LogP contribution is -2.23. The van der Waals surface area contributed by atoms with E-state index in [1.54, 1.807) is 25.1 Å². The van der Waals surface area contributed by atoms with Crippen molar-refractivity contribution in [2.75, 3.05) is 38.4 Å². The van der Waals surface area contributed by atoms with E-state index < -0.39 is 15.9 Å². The zero-order valence-corrected chi connectivity index (χ0v) is 17.1. The van der Waals surface area contributed by atoms with Gasteiger partial charge in [-0.25, -0.2) is 12.7 Å². The summed E-state index contributed by atoms with van der Waals surface area (Å²) in [4.78, 5) is 14.4. The van der Waals surface area contributed by atoms with E-state index >= 15 is 0 Å². The van der Waals surface area contributed by atoms with Crippen molar-refractivity contribution in [3.63, 3.8) is 0 Å². The third-order valence-electron chi connectivity index (χ3n) is 3.60. The second-order valence-electron chi connectivity index (χ2n) is 5.97. The molecule has 2 rings (SSSR count). The lowest BCUT2D eigenvalue weighted by atomic mass is 10.2. The number of hydrogen-bond acceptors (Lipinski definition) is 4. The standard InChI is InChI=1S/C17H19Cl2N3O3S/c1-21(2)16-6-5-14(26(24,25)22(3)4)10-15(16)20-17(23)11-7-12(18)9-13(19)8-11/h5-10H,1-4H3,(H,20,23). The average Bonchev–Trinajstić information content (AvgIpc) is 2.53. The van der Waals surface area contributed by atoms with E-state index in [0.717, 1.165) is 4.31 Å². The number of hydrogen-bond donors (Lipinski definition) is 1. The minimum atomic E-state index is -3.63. The molecule has 2 aromatic carbocycles. The smallest absolute Gasteiger partial charge is 0.255 e. The van der Waals surface area contributed by atoms with Gasteiger partial charge in [-0.15, -0.1) is 0 Å². The molecule has 0 aromatic heterocycles. The number of rotatable bonds is 5. The van der Waals surface area contributed by atoms with Gasteiger partial charge in [0.1, 0.15) is 0 Å². The molecule has 0 fully saturated rings. The first-order chi connectivity index (χ1) is 12.0. The van der Waals surface area contributed by atoms with Crippen molar-refractivity contribution in [3.05, 3.63) is 52.0 Å². The molecule has 6 nitrogen and oxygen atoms in total. The number of carbonyl (C=O) groups is 1. The molecule has 0 aliphatic heterocycles. The summed E-state index contributed by atoms with van der Waals surface area (Å²) in [5.74, 6) is -0.447. The van der Waals surface area contributed by atoms with Crippen LogP contribution < -0.4 is 10.2 Å². The monoisotopic (exact) mass is 415 g/mol. The second-order valence-corrected chi connectivity index (χ2v) is 9.00. The van der Waals surface area contributed by atoms with E-state index in [1.165, 1.54) is 44.4 Å². The minimum Gasteiger partial charge on any atom is -0.376 e. The van der Waals surface area contributed by atoms with E-state index in [1.807, 2.05) is 0 Å². The summed E-state index contributed by atoms with van der Waals surface area (Å²) in [5.41, 5.74) is 1.29. The Labute approximate surface area is 163 Å². The molecule has 0 aliphatic rings. The summed E-state index contributed by atoms with van der Waals surface area (Å²) in [6, 6.07) is 9.05. The van der Waals surface area contributed by atoms with Gasteiger partial charge in [-0.3, -0.25) is 4.79 Å². The fourth-order valence-corrected chi connectivity index (χ4v) is 3.71. The SMILES string of the molecule is CN(C)c1ccc(S(=O)(=O)N(C)C)cc1NC(=O)c1cc(Cl)cc(Cl)c1. The topological polar surface area (TPSA) is 69.7 Å². The zero-order valence-electron chi connectivity index (χ0n) is 14.7. The van der Waals surface area contributed by atoms with Crippen LogP contribution in [0.25, 0.3) is 0 Å². The van der Waals surface area contributed by atoms with Crippen LogP contribution in [0.5, 0.6) is 0 Å². The van der Waals surface area contributed by atoms with Gasteiger partial charge in [-0.1, -0.05) is 23.2 Å². The lowest BCUT2D eigenvalue weighted by molar-refractivity contribution is 0.102. The van der Waals surface area contributed by atoms with Crippen LogP contribution in [0.2, 0.25) is 10.0 Å². The number of sulfonamides is 1. The van der Waals surface area contributed by atoms with Crippen LogP contribution in [-0.4, -0.2) is 46.8 Å². The molecule has 0 heterocycles. The van der Waals surface area contributed by atoms with Gasteiger partial charge in [-0.05, 0) is 36.4 Å². The fourth-order valence-electron chi connectivity index (χ4n) is 2.26. The van der Waals surface area contributed by atoms with Gasteiger partial charge in [-0.2, -0.15) is 0 Å². The van der Waals surface area contributed by atoms with Gasteiger partial charge in [0, 0.05) is 43.8 Å². The second kappa shape index (κ2) is 7.84. The summed E-state index contributed by atoms with van der Waals surface area (Å²) < 4.78 is 25.9. The number of nitrogens with zero attached hydrogens (tertiary/aromatic N) is 2. The molecule has 1 N–H and O–H groups in total. The van der Waals surface area contributed by atoms with E-state index in [0.29, 0.717) is 21.4 Å². The molecule has 0 aliphatic carbocycles.